The van der Waals surface area contributed by atoms with Crippen molar-refractivity contribution in [1.29, 1.82) is 0 Å². The zero-order valence-electron chi connectivity index (χ0n) is 10.6. The van der Waals surface area contributed by atoms with Gasteiger partial charge in [-0.3, -0.25) is 4.90 Å². The SMILES string of the molecule is CC(C)N(CCNCc1cccs1)CC(F)(F)F. The smallest absolute Gasteiger partial charge is 0.311 e. The predicted octanol–water partition coefficient (Wildman–Crippen LogP) is 3.11. The predicted molar refractivity (Wildman–Crippen MR) is 68.8 cm³/mol. The number of hydrogen-bond donors (Lipinski definition) is 1. The minimum atomic E-state index is -4.13. The molecule has 104 valence electrons. The van der Waals surface area contributed by atoms with Crippen LogP contribution in [0.3, 0.4) is 0 Å². The first-order valence-electron chi connectivity index (χ1n) is 5.92. The summed E-state index contributed by atoms with van der Waals surface area (Å²) in [5.74, 6) is 0. The van der Waals surface area contributed by atoms with Crippen molar-refractivity contribution < 1.29 is 13.2 Å². The van der Waals surface area contributed by atoms with Gasteiger partial charge in [-0.1, -0.05) is 6.07 Å². The lowest BCUT2D eigenvalue weighted by atomic mass is 10.3. The molecule has 0 aromatic carbocycles. The van der Waals surface area contributed by atoms with Crippen LogP contribution in [0.15, 0.2) is 17.5 Å². The number of halogens is 3. The van der Waals surface area contributed by atoms with Crippen LogP contribution in [0.4, 0.5) is 13.2 Å². The Kier molecular flexibility index (Phi) is 6.11. The molecule has 0 atom stereocenters. The number of rotatable bonds is 7. The maximum Gasteiger partial charge on any atom is 0.401 e. The van der Waals surface area contributed by atoms with Crippen molar-refractivity contribution in [3.63, 3.8) is 0 Å². The molecule has 18 heavy (non-hydrogen) atoms. The van der Waals surface area contributed by atoms with Crippen molar-refractivity contribution in [3.05, 3.63) is 22.4 Å². The fourth-order valence-electron chi connectivity index (χ4n) is 1.60. The third-order valence-corrected chi connectivity index (χ3v) is 3.44. The number of thiophene rings is 1. The lowest BCUT2D eigenvalue weighted by Crippen LogP contribution is -2.42. The number of nitrogens with one attached hydrogen (secondary N) is 1. The molecule has 1 rings (SSSR count). The van der Waals surface area contributed by atoms with Gasteiger partial charge in [-0.2, -0.15) is 13.2 Å². The van der Waals surface area contributed by atoms with E-state index in [2.05, 4.69) is 5.32 Å². The highest BCUT2D eigenvalue weighted by Crippen LogP contribution is 2.17. The zero-order valence-corrected chi connectivity index (χ0v) is 11.4. The second kappa shape index (κ2) is 7.11. The maximum atomic E-state index is 12.3. The minimum absolute atomic E-state index is 0.102. The summed E-state index contributed by atoms with van der Waals surface area (Å²) in [4.78, 5) is 2.63. The van der Waals surface area contributed by atoms with Crippen molar-refractivity contribution in [2.45, 2.75) is 32.6 Å². The standard InChI is InChI=1S/C12H19F3N2S/c1-10(2)17(9-12(13,14)15)6-5-16-8-11-4-3-7-18-11/h3-4,7,10,16H,5-6,8-9H2,1-2H3. The molecular formula is C12H19F3N2S. The Morgan fingerprint density at radius 3 is 2.61 bits per heavy atom. The van der Waals surface area contributed by atoms with E-state index in [1.807, 2.05) is 17.5 Å². The summed E-state index contributed by atoms with van der Waals surface area (Å²) >= 11 is 1.64. The molecule has 0 unspecified atom stereocenters. The summed E-state index contributed by atoms with van der Waals surface area (Å²) in [6.45, 7) is 4.41. The van der Waals surface area contributed by atoms with Crippen LogP contribution >= 0.6 is 11.3 Å². The van der Waals surface area contributed by atoms with E-state index in [0.29, 0.717) is 13.1 Å². The van der Waals surface area contributed by atoms with E-state index in [1.165, 1.54) is 9.78 Å². The van der Waals surface area contributed by atoms with Gasteiger partial charge in [0.05, 0.1) is 6.54 Å². The zero-order chi connectivity index (χ0) is 13.6. The van der Waals surface area contributed by atoms with Crippen molar-refractivity contribution in [1.82, 2.24) is 10.2 Å². The Balaban J connectivity index is 2.25. The van der Waals surface area contributed by atoms with Crippen LogP contribution in [-0.4, -0.2) is 36.8 Å². The lowest BCUT2D eigenvalue weighted by molar-refractivity contribution is -0.149. The minimum Gasteiger partial charge on any atom is -0.311 e. The first-order chi connectivity index (χ1) is 8.38. The normalized spacial score (nSPS) is 12.6. The molecule has 0 saturated carbocycles. The van der Waals surface area contributed by atoms with Crippen LogP contribution in [0.5, 0.6) is 0 Å². The Hall–Kier alpha value is -0.590. The summed E-state index contributed by atoms with van der Waals surface area (Å²) in [5.41, 5.74) is 0. The molecule has 0 spiro atoms. The molecule has 6 heteroatoms. The Morgan fingerprint density at radius 1 is 1.39 bits per heavy atom. The molecular weight excluding hydrogens is 261 g/mol. The van der Waals surface area contributed by atoms with E-state index in [0.717, 1.165) is 6.54 Å². The largest absolute Gasteiger partial charge is 0.401 e. The van der Waals surface area contributed by atoms with Gasteiger partial charge < -0.3 is 5.32 Å². The maximum absolute atomic E-state index is 12.3. The molecule has 0 amide bonds. The van der Waals surface area contributed by atoms with E-state index in [1.54, 1.807) is 25.2 Å². The topological polar surface area (TPSA) is 15.3 Å². The van der Waals surface area contributed by atoms with Crippen LogP contribution in [0, 0.1) is 0 Å². The first kappa shape index (κ1) is 15.5. The summed E-state index contributed by atoms with van der Waals surface area (Å²) in [5, 5.41) is 5.15. The van der Waals surface area contributed by atoms with Crippen LogP contribution in [0.1, 0.15) is 18.7 Å². The quantitative estimate of drug-likeness (QED) is 0.772. The molecule has 0 aliphatic carbocycles. The molecule has 0 aliphatic rings. The van der Waals surface area contributed by atoms with E-state index >= 15 is 0 Å². The molecule has 0 saturated heterocycles. The van der Waals surface area contributed by atoms with Gasteiger partial charge in [0.15, 0.2) is 0 Å². The van der Waals surface area contributed by atoms with E-state index in [-0.39, 0.29) is 6.04 Å². The highest BCUT2D eigenvalue weighted by molar-refractivity contribution is 7.09. The first-order valence-corrected chi connectivity index (χ1v) is 6.80. The van der Waals surface area contributed by atoms with Gasteiger partial charge in [0, 0.05) is 30.6 Å². The third-order valence-electron chi connectivity index (χ3n) is 2.57. The number of hydrogen-bond acceptors (Lipinski definition) is 3. The average molecular weight is 280 g/mol. The molecule has 0 fully saturated rings. The summed E-state index contributed by atoms with van der Waals surface area (Å²) in [6, 6.07) is 3.87. The van der Waals surface area contributed by atoms with Crippen LogP contribution in [0.25, 0.3) is 0 Å². The van der Waals surface area contributed by atoms with Gasteiger partial charge in [-0.25, -0.2) is 0 Å². The summed E-state index contributed by atoms with van der Waals surface area (Å²) < 4.78 is 37.0. The molecule has 2 nitrogen and oxygen atoms in total. The fraction of sp³-hybridized carbons (Fsp3) is 0.667. The lowest BCUT2D eigenvalue weighted by Gasteiger charge is -2.27. The van der Waals surface area contributed by atoms with Crippen molar-refractivity contribution in [2.24, 2.45) is 0 Å². The van der Waals surface area contributed by atoms with Crippen molar-refractivity contribution in [2.75, 3.05) is 19.6 Å². The molecule has 0 aliphatic heterocycles. The Labute approximate surface area is 110 Å². The molecule has 1 aromatic heterocycles. The molecule has 1 aromatic rings. The molecule has 0 radical (unpaired) electrons. The third kappa shape index (κ3) is 6.37. The summed E-state index contributed by atoms with van der Waals surface area (Å²) in [7, 11) is 0. The highest BCUT2D eigenvalue weighted by atomic mass is 32.1. The van der Waals surface area contributed by atoms with Gasteiger partial charge in [0.1, 0.15) is 0 Å². The van der Waals surface area contributed by atoms with E-state index in [4.69, 9.17) is 0 Å². The second-order valence-electron chi connectivity index (χ2n) is 4.44. The Morgan fingerprint density at radius 2 is 2.11 bits per heavy atom. The van der Waals surface area contributed by atoms with Gasteiger partial charge in [-0.05, 0) is 25.3 Å². The number of nitrogens with zero attached hydrogens (tertiary/aromatic N) is 1. The monoisotopic (exact) mass is 280 g/mol. The van der Waals surface area contributed by atoms with Crippen LogP contribution in [-0.2, 0) is 6.54 Å². The number of alkyl halides is 3. The van der Waals surface area contributed by atoms with Crippen LogP contribution in [0.2, 0.25) is 0 Å². The van der Waals surface area contributed by atoms with Gasteiger partial charge in [0.2, 0.25) is 0 Å². The average Bonchev–Trinajstić information content (AvgIpc) is 2.73. The van der Waals surface area contributed by atoms with E-state index < -0.39 is 12.7 Å². The molecule has 1 heterocycles. The molecule has 0 bridgehead atoms. The van der Waals surface area contributed by atoms with Gasteiger partial charge in [-0.15, -0.1) is 11.3 Å². The second-order valence-corrected chi connectivity index (χ2v) is 5.47. The van der Waals surface area contributed by atoms with Crippen LogP contribution < -0.4 is 5.32 Å². The summed E-state index contributed by atoms with van der Waals surface area (Å²) in [6.07, 6.45) is -4.13. The Bertz CT molecular complexity index is 323. The molecule has 1 N–H and O–H groups in total. The highest BCUT2D eigenvalue weighted by Gasteiger charge is 2.31. The van der Waals surface area contributed by atoms with Gasteiger partial charge >= 0.3 is 6.18 Å². The van der Waals surface area contributed by atoms with Crippen molar-refractivity contribution >= 4 is 11.3 Å². The van der Waals surface area contributed by atoms with Crippen molar-refractivity contribution in [3.8, 4) is 0 Å². The van der Waals surface area contributed by atoms with Gasteiger partial charge in [0.25, 0.3) is 0 Å². The van der Waals surface area contributed by atoms with E-state index in [9.17, 15) is 13.2 Å². The fourth-order valence-corrected chi connectivity index (χ4v) is 2.27.